The van der Waals surface area contributed by atoms with Crippen molar-refractivity contribution in [3.63, 3.8) is 0 Å². The minimum atomic E-state index is -3.39. The fourth-order valence-corrected chi connectivity index (χ4v) is 3.82. The lowest BCUT2D eigenvalue weighted by Crippen LogP contribution is -2.01. The van der Waals surface area contributed by atoms with E-state index in [2.05, 4.69) is 5.16 Å². The molecule has 4 nitrogen and oxygen atoms in total. The van der Waals surface area contributed by atoms with E-state index in [0.29, 0.717) is 28.5 Å². The van der Waals surface area contributed by atoms with Crippen LogP contribution in [-0.4, -0.2) is 19.8 Å². The van der Waals surface area contributed by atoms with Crippen LogP contribution in [0.5, 0.6) is 0 Å². The van der Waals surface area contributed by atoms with Gasteiger partial charge in [0.15, 0.2) is 9.84 Å². The highest BCUT2D eigenvalue weighted by atomic mass is 35.5. The molecule has 6 heteroatoms. The summed E-state index contributed by atoms with van der Waals surface area (Å²) in [4.78, 5) is 0.269. The molecule has 0 unspecified atom stereocenters. The first kappa shape index (κ1) is 17.7. The minimum absolute atomic E-state index is 0.269. The SMILES string of the molecule is CCCc1onc(-c2ccc(Cl)cc2)c1-c1ccccc1S(C)(=O)=O. The Labute approximate surface area is 152 Å². The topological polar surface area (TPSA) is 60.2 Å². The lowest BCUT2D eigenvalue weighted by atomic mass is 9.97. The maximum absolute atomic E-state index is 12.2. The summed E-state index contributed by atoms with van der Waals surface area (Å²) in [7, 11) is -3.39. The fraction of sp³-hybridized carbons (Fsp3) is 0.211. The summed E-state index contributed by atoms with van der Waals surface area (Å²) in [5.41, 5.74) is 2.79. The van der Waals surface area contributed by atoms with Gasteiger partial charge in [-0.3, -0.25) is 0 Å². The number of aryl methyl sites for hydroxylation is 1. The maximum atomic E-state index is 12.2. The first-order valence-corrected chi connectivity index (χ1v) is 10.2. The fourth-order valence-electron chi connectivity index (χ4n) is 2.80. The average Bonchev–Trinajstić information content (AvgIpc) is 2.99. The van der Waals surface area contributed by atoms with Gasteiger partial charge < -0.3 is 4.52 Å². The third-order valence-corrected chi connectivity index (χ3v) is 5.32. The molecule has 0 amide bonds. The molecule has 0 bridgehead atoms. The van der Waals surface area contributed by atoms with Gasteiger partial charge >= 0.3 is 0 Å². The molecular formula is C19H18ClNO3S. The molecule has 25 heavy (non-hydrogen) atoms. The van der Waals surface area contributed by atoms with Crippen molar-refractivity contribution < 1.29 is 12.9 Å². The number of aromatic nitrogens is 1. The van der Waals surface area contributed by atoms with Crippen LogP contribution in [0.2, 0.25) is 5.02 Å². The van der Waals surface area contributed by atoms with Crippen LogP contribution in [0, 0.1) is 0 Å². The second-order valence-electron chi connectivity index (χ2n) is 5.85. The zero-order valence-corrected chi connectivity index (χ0v) is 15.6. The first-order valence-electron chi connectivity index (χ1n) is 7.95. The third-order valence-electron chi connectivity index (χ3n) is 3.91. The van der Waals surface area contributed by atoms with Crippen LogP contribution in [0.15, 0.2) is 57.9 Å². The normalized spacial score (nSPS) is 11.6. The molecule has 3 rings (SSSR count). The Hall–Kier alpha value is -2.11. The molecule has 0 saturated carbocycles. The first-order chi connectivity index (χ1) is 11.9. The molecule has 0 aliphatic heterocycles. The monoisotopic (exact) mass is 375 g/mol. The molecule has 0 radical (unpaired) electrons. The number of sulfone groups is 1. The van der Waals surface area contributed by atoms with E-state index in [-0.39, 0.29) is 4.90 Å². The Balaban J connectivity index is 2.29. The molecule has 0 aliphatic carbocycles. The molecule has 2 aromatic carbocycles. The van der Waals surface area contributed by atoms with Crippen LogP contribution in [0.25, 0.3) is 22.4 Å². The van der Waals surface area contributed by atoms with Gasteiger partial charge in [-0.05, 0) is 24.6 Å². The van der Waals surface area contributed by atoms with Gasteiger partial charge in [0.1, 0.15) is 11.5 Å². The number of halogens is 1. The quantitative estimate of drug-likeness (QED) is 0.628. The van der Waals surface area contributed by atoms with Gasteiger partial charge in [-0.1, -0.05) is 54.0 Å². The Kier molecular flexibility index (Phi) is 4.97. The molecule has 1 aromatic heterocycles. The van der Waals surface area contributed by atoms with E-state index >= 15 is 0 Å². The molecule has 0 saturated heterocycles. The van der Waals surface area contributed by atoms with Crippen LogP contribution < -0.4 is 0 Å². The van der Waals surface area contributed by atoms with Gasteiger partial charge in [0.2, 0.25) is 0 Å². The van der Waals surface area contributed by atoms with Crippen LogP contribution in [-0.2, 0) is 16.3 Å². The van der Waals surface area contributed by atoms with E-state index in [1.807, 2.05) is 25.1 Å². The molecular weight excluding hydrogens is 358 g/mol. The zero-order valence-electron chi connectivity index (χ0n) is 14.0. The highest BCUT2D eigenvalue weighted by molar-refractivity contribution is 7.90. The summed E-state index contributed by atoms with van der Waals surface area (Å²) in [6, 6.07) is 14.2. The van der Waals surface area contributed by atoms with Crippen molar-refractivity contribution in [3.05, 3.63) is 59.3 Å². The molecule has 0 spiro atoms. The summed E-state index contributed by atoms with van der Waals surface area (Å²) >= 11 is 5.97. The van der Waals surface area contributed by atoms with E-state index in [9.17, 15) is 8.42 Å². The lowest BCUT2D eigenvalue weighted by molar-refractivity contribution is 0.385. The number of nitrogens with zero attached hydrogens (tertiary/aromatic N) is 1. The Bertz CT molecular complexity index is 992. The summed E-state index contributed by atoms with van der Waals surface area (Å²) in [6.07, 6.45) is 2.75. The maximum Gasteiger partial charge on any atom is 0.176 e. The van der Waals surface area contributed by atoms with Crippen LogP contribution in [0.4, 0.5) is 0 Å². The van der Waals surface area contributed by atoms with Crippen molar-refractivity contribution in [2.75, 3.05) is 6.26 Å². The van der Waals surface area contributed by atoms with Crippen molar-refractivity contribution in [1.29, 1.82) is 0 Å². The average molecular weight is 376 g/mol. The standard InChI is InChI=1S/C19H18ClNO3S/c1-3-6-16-18(15-7-4-5-8-17(15)25(2,22)23)19(21-24-16)13-9-11-14(20)12-10-13/h4-5,7-12H,3,6H2,1-2H3. The van der Waals surface area contributed by atoms with Crippen molar-refractivity contribution in [2.24, 2.45) is 0 Å². The van der Waals surface area contributed by atoms with Gasteiger partial charge in [-0.25, -0.2) is 8.42 Å². The Morgan fingerprint density at radius 1 is 1.08 bits per heavy atom. The van der Waals surface area contributed by atoms with E-state index in [4.69, 9.17) is 16.1 Å². The van der Waals surface area contributed by atoms with E-state index < -0.39 is 9.84 Å². The second kappa shape index (κ2) is 7.02. The number of hydrogen-bond donors (Lipinski definition) is 0. The van der Waals surface area contributed by atoms with Gasteiger partial charge in [0.25, 0.3) is 0 Å². The van der Waals surface area contributed by atoms with Gasteiger partial charge in [0.05, 0.1) is 10.5 Å². The molecule has 0 N–H and O–H groups in total. The van der Waals surface area contributed by atoms with Crippen LogP contribution in [0.1, 0.15) is 19.1 Å². The van der Waals surface area contributed by atoms with E-state index in [1.165, 1.54) is 6.26 Å². The number of hydrogen-bond acceptors (Lipinski definition) is 4. The van der Waals surface area contributed by atoms with E-state index in [0.717, 1.165) is 17.5 Å². The largest absolute Gasteiger partial charge is 0.360 e. The third kappa shape index (κ3) is 3.62. The van der Waals surface area contributed by atoms with E-state index in [1.54, 1.807) is 30.3 Å². The second-order valence-corrected chi connectivity index (χ2v) is 8.28. The Morgan fingerprint density at radius 3 is 2.40 bits per heavy atom. The summed E-state index contributed by atoms with van der Waals surface area (Å²) in [6.45, 7) is 2.04. The predicted octanol–water partition coefficient (Wildman–Crippen LogP) is 5.02. The van der Waals surface area contributed by atoms with Crippen LogP contribution >= 0.6 is 11.6 Å². The number of rotatable bonds is 5. The highest BCUT2D eigenvalue weighted by Crippen LogP contribution is 2.38. The van der Waals surface area contributed by atoms with Crippen molar-refractivity contribution in [1.82, 2.24) is 5.16 Å². The van der Waals surface area contributed by atoms with Gasteiger partial charge in [-0.15, -0.1) is 0 Å². The van der Waals surface area contributed by atoms with Crippen molar-refractivity contribution in [3.8, 4) is 22.4 Å². The molecule has 130 valence electrons. The van der Waals surface area contributed by atoms with Crippen molar-refractivity contribution >= 4 is 21.4 Å². The summed E-state index contributed by atoms with van der Waals surface area (Å²) in [5, 5.41) is 4.85. The number of benzene rings is 2. The Morgan fingerprint density at radius 2 is 1.76 bits per heavy atom. The molecule has 0 fully saturated rings. The van der Waals surface area contributed by atoms with Crippen molar-refractivity contribution in [2.45, 2.75) is 24.7 Å². The smallest absolute Gasteiger partial charge is 0.176 e. The molecule has 0 atom stereocenters. The molecule has 0 aliphatic rings. The van der Waals surface area contributed by atoms with Crippen LogP contribution in [0.3, 0.4) is 0 Å². The summed E-state index contributed by atoms with van der Waals surface area (Å²) in [5.74, 6) is 0.684. The lowest BCUT2D eigenvalue weighted by Gasteiger charge is -2.09. The predicted molar refractivity (Wildman–Crippen MR) is 99.5 cm³/mol. The van der Waals surface area contributed by atoms with Gasteiger partial charge in [0, 0.05) is 28.8 Å². The highest BCUT2D eigenvalue weighted by Gasteiger charge is 2.24. The molecule has 3 aromatic rings. The minimum Gasteiger partial charge on any atom is -0.360 e. The molecule has 1 heterocycles. The van der Waals surface area contributed by atoms with Gasteiger partial charge in [-0.2, -0.15) is 0 Å². The summed E-state index contributed by atoms with van der Waals surface area (Å²) < 4.78 is 30.0. The zero-order chi connectivity index (χ0) is 18.0.